The second-order valence-electron chi connectivity index (χ2n) is 3.12. The first-order chi connectivity index (χ1) is 5.52. The predicted octanol–water partition coefficient (Wildman–Crippen LogP) is 2.88. The van der Waals surface area contributed by atoms with Crippen molar-refractivity contribution in [1.29, 1.82) is 0 Å². The third kappa shape index (κ3) is 1.67. The van der Waals surface area contributed by atoms with Crippen molar-refractivity contribution in [2.45, 2.75) is 26.7 Å². The summed E-state index contributed by atoms with van der Waals surface area (Å²) >= 11 is 1.38. The van der Waals surface area contributed by atoms with Crippen LogP contribution in [0.15, 0.2) is 6.07 Å². The molecule has 1 aromatic heterocycles. The van der Waals surface area contributed by atoms with Gasteiger partial charge in [0.25, 0.3) is 0 Å². The summed E-state index contributed by atoms with van der Waals surface area (Å²) in [6.45, 7) is 6.10. The summed E-state index contributed by atoms with van der Waals surface area (Å²) in [6.07, 6.45) is 0. The molecular formula is C9H12O2S. The zero-order valence-corrected chi connectivity index (χ0v) is 8.23. The predicted molar refractivity (Wildman–Crippen MR) is 50.1 cm³/mol. The second-order valence-corrected chi connectivity index (χ2v) is 4.20. The molecule has 2 nitrogen and oxygen atoms in total. The molecule has 1 N–H and O–H groups in total. The van der Waals surface area contributed by atoms with Crippen molar-refractivity contribution >= 4 is 17.3 Å². The third-order valence-corrected chi connectivity index (χ3v) is 3.22. The molecule has 0 atom stereocenters. The summed E-state index contributed by atoms with van der Waals surface area (Å²) in [5.74, 6) is -0.405. The van der Waals surface area contributed by atoms with Crippen LogP contribution in [0.25, 0.3) is 0 Å². The van der Waals surface area contributed by atoms with Crippen LogP contribution in [-0.4, -0.2) is 11.1 Å². The summed E-state index contributed by atoms with van der Waals surface area (Å²) in [6, 6.07) is 1.74. The number of aromatic carboxylic acids is 1. The van der Waals surface area contributed by atoms with E-state index in [1.54, 1.807) is 6.07 Å². The molecule has 1 heterocycles. The minimum atomic E-state index is -0.824. The Morgan fingerprint density at radius 2 is 2.17 bits per heavy atom. The summed E-state index contributed by atoms with van der Waals surface area (Å²) in [4.78, 5) is 12.2. The fraction of sp³-hybridized carbons (Fsp3) is 0.444. The highest BCUT2D eigenvalue weighted by Crippen LogP contribution is 2.28. The maximum Gasteiger partial charge on any atom is 0.345 e. The van der Waals surface area contributed by atoms with Gasteiger partial charge < -0.3 is 5.11 Å². The quantitative estimate of drug-likeness (QED) is 0.767. The highest BCUT2D eigenvalue weighted by Gasteiger charge is 2.12. The molecule has 0 aromatic carbocycles. The number of carbonyl (C=O) groups is 1. The molecule has 1 rings (SSSR count). The lowest BCUT2D eigenvalue weighted by atomic mass is 10.1. The Bertz CT molecular complexity index is 299. The summed E-state index contributed by atoms with van der Waals surface area (Å²) in [5, 5.41) is 8.71. The number of carboxylic acid groups (broad SMARTS) is 1. The van der Waals surface area contributed by atoms with Gasteiger partial charge in [-0.05, 0) is 24.5 Å². The van der Waals surface area contributed by atoms with Gasteiger partial charge in [0.05, 0.1) is 0 Å². The second kappa shape index (κ2) is 3.27. The van der Waals surface area contributed by atoms with Crippen LogP contribution >= 0.6 is 11.3 Å². The molecule has 0 fully saturated rings. The monoisotopic (exact) mass is 184 g/mol. The highest BCUT2D eigenvalue weighted by atomic mass is 32.1. The Labute approximate surface area is 75.9 Å². The first kappa shape index (κ1) is 9.26. The van der Waals surface area contributed by atoms with Crippen LogP contribution in [-0.2, 0) is 0 Å². The van der Waals surface area contributed by atoms with Gasteiger partial charge in [0.1, 0.15) is 4.88 Å². The number of carboxylic acids is 1. The molecule has 3 heteroatoms. The zero-order valence-electron chi connectivity index (χ0n) is 7.42. The van der Waals surface area contributed by atoms with Crippen molar-refractivity contribution in [3.8, 4) is 0 Å². The van der Waals surface area contributed by atoms with E-state index in [-0.39, 0.29) is 0 Å². The lowest BCUT2D eigenvalue weighted by molar-refractivity contribution is 0.0702. The molecule has 0 bridgehead atoms. The molecule has 66 valence electrons. The Morgan fingerprint density at radius 1 is 1.58 bits per heavy atom. The lowest BCUT2D eigenvalue weighted by Gasteiger charge is -2.00. The van der Waals surface area contributed by atoms with Gasteiger partial charge in [-0.25, -0.2) is 4.79 Å². The normalized spacial score (nSPS) is 10.7. The minimum Gasteiger partial charge on any atom is -0.477 e. The van der Waals surface area contributed by atoms with E-state index >= 15 is 0 Å². The molecule has 1 aromatic rings. The largest absolute Gasteiger partial charge is 0.477 e. The fourth-order valence-electron chi connectivity index (χ4n) is 1.17. The first-order valence-corrected chi connectivity index (χ1v) is 4.67. The van der Waals surface area contributed by atoms with Gasteiger partial charge >= 0.3 is 5.97 Å². The number of thiophene rings is 1. The van der Waals surface area contributed by atoms with Gasteiger partial charge in [0.15, 0.2) is 0 Å². The van der Waals surface area contributed by atoms with Crippen molar-refractivity contribution < 1.29 is 9.90 Å². The van der Waals surface area contributed by atoms with Gasteiger partial charge in [-0.1, -0.05) is 13.8 Å². The van der Waals surface area contributed by atoms with Crippen LogP contribution in [0.1, 0.15) is 39.9 Å². The van der Waals surface area contributed by atoms with Crippen molar-refractivity contribution in [1.82, 2.24) is 0 Å². The van der Waals surface area contributed by atoms with Gasteiger partial charge in [-0.15, -0.1) is 11.3 Å². The van der Waals surface area contributed by atoms with E-state index in [1.165, 1.54) is 16.2 Å². The SMILES string of the molecule is Cc1cc(C(=O)O)sc1C(C)C. The number of aryl methyl sites for hydroxylation is 1. The minimum absolute atomic E-state index is 0.420. The molecule has 0 saturated carbocycles. The fourth-order valence-corrected chi connectivity index (χ4v) is 2.19. The van der Waals surface area contributed by atoms with Gasteiger partial charge in [0, 0.05) is 4.88 Å². The zero-order chi connectivity index (χ0) is 9.30. The summed E-state index contributed by atoms with van der Waals surface area (Å²) in [7, 11) is 0. The number of rotatable bonds is 2. The van der Waals surface area contributed by atoms with Gasteiger partial charge in [-0.3, -0.25) is 0 Å². The van der Waals surface area contributed by atoms with Crippen molar-refractivity contribution in [2.24, 2.45) is 0 Å². The van der Waals surface area contributed by atoms with Crippen LogP contribution in [0.5, 0.6) is 0 Å². The van der Waals surface area contributed by atoms with Crippen LogP contribution < -0.4 is 0 Å². The van der Waals surface area contributed by atoms with Crippen LogP contribution in [0.3, 0.4) is 0 Å². The number of hydrogen-bond donors (Lipinski definition) is 1. The molecule has 0 unspecified atom stereocenters. The topological polar surface area (TPSA) is 37.3 Å². The summed E-state index contributed by atoms with van der Waals surface area (Å²) < 4.78 is 0. The van der Waals surface area contributed by atoms with E-state index in [4.69, 9.17) is 5.11 Å². The molecule has 12 heavy (non-hydrogen) atoms. The maximum absolute atomic E-state index is 10.6. The maximum atomic E-state index is 10.6. The van der Waals surface area contributed by atoms with E-state index in [9.17, 15) is 4.79 Å². The summed E-state index contributed by atoms with van der Waals surface area (Å²) in [5.41, 5.74) is 1.09. The van der Waals surface area contributed by atoms with Crippen LogP contribution in [0.4, 0.5) is 0 Å². The number of hydrogen-bond acceptors (Lipinski definition) is 2. The van der Waals surface area contributed by atoms with E-state index in [0.717, 1.165) is 5.56 Å². The molecule has 0 radical (unpaired) electrons. The Morgan fingerprint density at radius 3 is 2.42 bits per heavy atom. The molecule has 0 spiro atoms. The van der Waals surface area contributed by atoms with E-state index in [2.05, 4.69) is 13.8 Å². The Balaban J connectivity index is 3.09. The van der Waals surface area contributed by atoms with Crippen molar-refractivity contribution in [3.63, 3.8) is 0 Å². The molecule has 0 aliphatic carbocycles. The lowest BCUT2D eigenvalue weighted by Crippen LogP contribution is -1.89. The molecule has 0 aliphatic heterocycles. The molecule has 0 amide bonds. The smallest absolute Gasteiger partial charge is 0.345 e. The Kier molecular flexibility index (Phi) is 2.52. The average molecular weight is 184 g/mol. The van der Waals surface area contributed by atoms with Crippen molar-refractivity contribution in [3.05, 3.63) is 21.4 Å². The van der Waals surface area contributed by atoms with Crippen LogP contribution in [0, 0.1) is 6.92 Å². The molecular weight excluding hydrogens is 172 g/mol. The van der Waals surface area contributed by atoms with Crippen molar-refractivity contribution in [2.75, 3.05) is 0 Å². The van der Waals surface area contributed by atoms with Crippen LogP contribution in [0.2, 0.25) is 0 Å². The third-order valence-electron chi connectivity index (χ3n) is 1.69. The average Bonchev–Trinajstić information content (AvgIpc) is 2.30. The molecule has 0 saturated heterocycles. The van der Waals surface area contributed by atoms with E-state index in [1.807, 2.05) is 6.92 Å². The highest BCUT2D eigenvalue weighted by molar-refractivity contribution is 7.14. The van der Waals surface area contributed by atoms with E-state index < -0.39 is 5.97 Å². The van der Waals surface area contributed by atoms with Gasteiger partial charge in [-0.2, -0.15) is 0 Å². The standard InChI is InChI=1S/C9H12O2S/c1-5(2)8-6(3)4-7(12-8)9(10)11/h4-5H,1-3H3,(H,10,11). The van der Waals surface area contributed by atoms with E-state index in [0.29, 0.717) is 10.8 Å². The Hall–Kier alpha value is -0.830. The van der Waals surface area contributed by atoms with Gasteiger partial charge in [0.2, 0.25) is 0 Å². The molecule has 0 aliphatic rings. The first-order valence-electron chi connectivity index (χ1n) is 3.86.